The largest absolute Gasteiger partial charge is 0.481 e. The molecular formula is C20H26N2O2. The van der Waals surface area contributed by atoms with E-state index in [1.54, 1.807) is 0 Å². The van der Waals surface area contributed by atoms with Crippen LogP contribution in [-0.4, -0.2) is 32.1 Å². The molecule has 1 N–H and O–H groups in total. The summed E-state index contributed by atoms with van der Waals surface area (Å²) in [4.78, 5) is 14.4. The molecule has 24 heavy (non-hydrogen) atoms. The maximum Gasteiger partial charge on any atom is 0.261 e. The zero-order valence-corrected chi connectivity index (χ0v) is 14.4. The van der Waals surface area contributed by atoms with Gasteiger partial charge in [-0.1, -0.05) is 43.3 Å². The lowest BCUT2D eigenvalue weighted by Gasteiger charge is -2.20. The average molecular weight is 326 g/mol. The second-order valence-electron chi connectivity index (χ2n) is 5.73. The second-order valence-corrected chi connectivity index (χ2v) is 5.73. The fraction of sp³-hybridized carbons (Fsp3) is 0.350. The van der Waals surface area contributed by atoms with Crippen molar-refractivity contribution in [2.45, 2.75) is 25.9 Å². The molecule has 1 amide bonds. The maximum absolute atomic E-state index is 12.2. The van der Waals surface area contributed by atoms with Crippen LogP contribution >= 0.6 is 0 Å². The van der Waals surface area contributed by atoms with E-state index in [0.29, 0.717) is 13.0 Å². The van der Waals surface area contributed by atoms with Gasteiger partial charge in [-0.3, -0.25) is 4.79 Å². The van der Waals surface area contributed by atoms with Gasteiger partial charge in [0.2, 0.25) is 0 Å². The van der Waals surface area contributed by atoms with Crippen LogP contribution < -0.4 is 15.0 Å². The van der Waals surface area contributed by atoms with Crippen molar-refractivity contribution >= 4 is 11.6 Å². The molecule has 2 rings (SSSR count). The molecular weight excluding hydrogens is 300 g/mol. The number of ether oxygens (including phenoxy) is 1. The van der Waals surface area contributed by atoms with Crippen molar-refractivity contribution < 1.29 is 9.53 Å². The molecule has 0 spiro atoms. The number of nitrogens with one attached hydrogen (secondary N) is 1. The number of amides is 1. The Morgan fingerprint density at radius 3 is 2.33 bits per heavy atom. The summed E-state index contributed by atoms with van der Waals surface area (Å²) < 4.78 is 5.75. The molecule has 1 atom stereocenters. The molecule has 0 saturated heterocycles. The summed E-state index contributed by atoms with van der Waals surface area (Å²) in [6.07, 6.45) is 1.09. The fourth-order valence-corrected chi connectivity index (χ4v) is 2.44. The van der Waals surface area contributed by atoms with Crippen molar-refractivity contribution in [1.82, 2.24) is 5.32 Å². The number of nitrogens with zero attached hydrogens (tertiary/aromatic N) is 1. The highest BCUT2D eigenvalue weighted by molar-refractivity contribution is 5.81. The lowest BCUT2D eigenvalue weighted by atomic mass is 10.2. The Hall–Kier alpha value is -2.49. The van der Waals surface area contributed by atoms with Gasteiger partial charge in [0.05, 0.1) is 0 Å². The first-order valence-corrected chi connectivity index (χ1v) is 8.46. The minimum absolute atomic E-state index is 0.0521. The van der Waals surface area contributed by atoms with Crippen LogP contribution in [0.3, 0.4) is 0 Å². The van der Waals surface area contributed by atoms with E-state index in [-0.39, 0.29) is 5.91 Å². The molecule has 0 heterocycles. The molecule has 0 aliphatic rings. The Balaban J connectivity index is 1.71. The van der Waals surface area contributed by atoms with Crippen LogP contribution in [0, 0.1) is 0 Å². The number of hydrogen-bond donors (Lipinski definition) is 1. The van der Waals surface area contributed by atoms with Crippen LogP contribution in [0.25, 0.3) is 0 Å². The molecule has 0 aliphatic heterocycles. The third-order valence-corrected chi connectivity index (χ3v) is 3.85. The molecule has 0 aromatic heterocycles. The highest BCUT2D eigenvalue weighted by Gasteiger charge is 2.17. The summed E-state index contributed by atoms with van der Waals surface area (Å²) in [6, 6.07) is 19.7. The van der Waals surface area contributed by atoms with E-state index in [0.717, 1.165) is 18.7 Å². The molecule has 0 bridgehead atoms. The van der Waals surface area contributed by atoms with E-state index in [9.17, 15) is 4.79 Å². The van der Waals surface area contributed by atoms with Gasteiger partial charge in [0.1, 0.15) is 5.75 Å². The molecule has 2 aromatic rings. The number of rotatable bonds is 9. The predicted molar refractivity (Wildman–Crippen MR) is 98.5 cm³/mol. The van der Waals surface area contributed by atoms with Gasteiger partial charge < -0.3 is 15.0 Å². The summed E-state index contributed by atoms with van der Waals surface area (Å²) >= 11 is 0. The Bertz CT molecular complexity index is 602. The summed E-state index contributed by atoms with van der Waals surface area (Å²) in [5.41, 5.74) is 1.18. The molecule has 0 saturated carbocycles. The summed E-state index contributed by atoms with van der Waals surface area (Å²) in [6.45, 7) is 3.49. The molecule has 4 heteroatoms. The average Bonchev–Trinajstić information content (AvgIpc) is 2.64. The summed E-state index contributed by atoms with van der Waals surface area (Å²) in [7, 11) is 2.06. The van der Waals surface area contributed by atoms with Crippen LogP contribution in [0.2, 0.25) is 0 Å². The monoisotopic (exact) mass is 326 g/mol. The minimum atomic E-state index is -0.445. The van der Waals surface area contributed by atoms with Gasteiger partial charge in [-0.15, -0.1) is 0 Å². The normalized spacial score (nSPS) is 11.6. The Morgan fingerprint density at radius 1 is 1.08 bits per heavy atom. The van der Waals surface area contributed by atoms with E-state index in [1.807, 2.05) is 55.5 Å². The summed E-state index contributed by atoms with van der Waals surface area (Å²) in [5.74, 6) is 0.673. The molecule has 0 fully saturated rings. The topological polar surface area (TPSA) is 41.6 Å². The SMILES string of the molecule is CC[C@H](Oc1ccccc1)C(=O)NCCCN(C)c1ccccc1. The maximum atomic E-state index is 12.2. The quantitative estimate of drug-likeness (QED) is 0.717. The van der Waals surface area contributed by atoms with Crippen molar-refractivity contribution in [1.29, 1.82) is 0 Å². The number of carbonyl (C=O) groups is 1. The predicted octanol–water partition coefficient (Wildman–Crippen LogP) is 3.49. The fourth-order valence-electron chi connectivity index (χ4n) is 2.44. The smallest absolute Gasteiger partial charge is 0.261 e. The van der Waals surface area contributed by atoms with Gasteiger partial charge in [0.25, 0.3) is 5.91 Å². The third kappa shape index (κ3) is 5.61. The highest BCUT2D eigenvalue weighted by atomic mass is 16.5. The van der Waals surface area contributed by atoms with Crippen molar-refractivity contribution in [3.8, 4) is 5.75 Å². The van der Waals surface area contributed by atoms with E-state index >= 15 is 0 Å². The lowest BCUT2D eigenvalue weighted by Crippen LogP contribution is -2.39. The highest BCUT2D eigenvalue weighted by Crippen LogP contribution is 2.13. The number of hydrogen-bond acceptors (Lipinski definition) is 3. The lowest BCUT2D eigenvalue weighted by molar-refractivity contribution is -0.128. The summed E-state index contributed by atoms with van der Waals surface area (Å²) in [5, 5.41) is 2.97. The van der Waals surface area contributed by atoms with Crippen molar-refractivity contribution in [2.75, 3.05) is 25.0 Å². The zero-order chi connectivity index (χ0) is 17.2. The first-order valence-electron chi connectivity index (χ1n) is 8.46. The minimum Gasteiger partial charge on any atom is -0.481 e. The van der Waals surface area contributed by atoms with Gasteiger partial charge in [-0.05, 0) is 37.1 Å². The number of carbonyl (C=O) groups excluding carboxylic acids is 1. The Morgan fingerprint density at radius 2 is 1.71 bits per heavy atom. The second kappa shape index (κ2) is 9.60. The third-order valence-electron chi connectivity index (χ3n) is 3.85. The standard InChI is InChI=1S/C20H26N2O2/c1-3-19(24-18-13-8-5-9-14-18)20(23)21-15-10-16-22(2)17-11-6-4-7-12-17/h4-9,11-14,19H,3,10,15-16H2,1-2H3,(H,21,23)/t19-/m0/s1. The van der Waals surface area contributed by atoms with Gasteiger partial charge >= 0.3 is 0 Å². The van der Waals surface area contributed by atoms with E-state index in [1.165, 1.54) is 5.69 Å². The van der Waals surface area contributed by atoms with Crippen molar-refractivity contribution in [2.24, 2.45) is 0 Å². The Kier molecular flexibility index (Phi) is 7.15. The molecule has 0 unspecified atom stereocenters. The molecule has 128 valence electrons. The van der Waals surface area contributed by atoms with Gasteiger partial charge in [0, 0.05) is 25.8 Å². The number of para-hydroxylation sites is 2. The van der Waals surface area contributed by atoms with Crippen LogP contribution in [0.5, 0.6) is 5.75 Å². The van der Waals surface area contributed by atoms with Crippen LogP contribution in [0.15, 0.2) is 60.7 Å². The molecule has 0 radical (unpaired) electrons. The van der Waals surface area contributed by atoms with Crippen molar-refractivity contribution in [3.05, 3.63) is 60.7 Å². The van der Waals surface area contributed by atoms with E-state index < -0.39 is 6.10 Å². The zero-order valence-electron chi connectivity index (χ0n) is 14.4. The molecule has 0 aliphatic carbocycles. The van der Waals surface area contributed by atoms with Gasteiger partial charge in [-0.2, -0.15) is 0 Å². The number of benzene rings is 2. The Labute approximate surface area is 144 Å². The van der Waals surface area contributed by atoms with Crippen molar-refractivity contribution in [3.63, 3.8) is 0 Å². The van der Waals surface area contributed by atoms with E-state index in [4.69, 9.17) is 4.74 Å². The van der Waals surface area contributed by atoms with Gasteiger partial charge in [0.15, 0.2) is 6.10 Å². The first kappa shape index (κ1) is 17.9. The van der Waals surface area contributed by atoms with Crippen LogP contribution in [0.4, 0.5) is 5.69 Å². The first-order chi connectivity index (χ1) is 11.7. The molecule has 2 aromatic carbocycles. The molecule has 4 nitrogen and oxygen atoms in total. The van der Waals surface area contributed by atoms with E-state index in [2.05, 4.69) is 29.4 Å². The van der Waals surface area contributed by atoms with Gasteiger partial charge in [-0.25, -0.2) is 0 Å². The number of anilines is 1. The van der Waals surface area contributed by atoms with Crippen LogP contribution in [-0.2, 0) is 4.79 Å². The van der Waals surface area contributed by atoms with Crippen LogP contribution in [0.1, 0.15) is 19.8 Å².